The molecule has 17 heavy (non-hydrogen) atoms. The summed E-state index contributed by atoms with van der Waals surface area (Å²) in [6.07, 6.45) is 3.64. The highest BCUT2D eigenvalue weighted by Crippen LogP contribution is 2.12. The van der Waals surface area contributed by atoms with Crippen molar-refractivity contribution in [2.75, 3.05) is 19.7 Å². The number of carbonyl (C=O) groups excluding carboxylic acids is 1. The average Bonchev–Trinajstić information content (AvgIpc) is 2.24. The van der Waals surface area contributed by atoms with Crippen LogP contribution in [0.1, 0.15) is 16.8 Å². The maximum Gasteiger partial charge on any atom is 0.337 e. The van der Waals surface area contributed by atoms with E-state index >= 15 is 0 Å². The number of aromatic carboxylic acids is 1. The molecule has 6 nitrogen and oxygen atoms in total. The molecule has 1 fully saturated rings. The van der Waals surface area contributed by atoms with Gasteiger partial charge >= 0.3 is 5.97 Å². The van der Waals surface area contributed by atoms with Crippen molar-refractivity contribution >= 4 is 11.9 Å². The number of amides is 1. The first-order valence-corrected chi connectivity index (χ1v) is 5.26. The molecule has 1 aromatic rings. The van der Waals surface area contributed by atoms with Crippen molar-refractivity contribution in [1.82, 2.24) is 9.88 Å². The van der Waals surface area contributed by atoms with Gasteiger partial charge in [0.1, 0.15) is 5.75 Å². The SMILES string of the molecule is O=C(O)c1cncc(OCC(=O)N2CCC2)c1. The predicted molar refractivity (Wildman–Crippen MR) is 57.9 cm³/mol. The van der Waals surface area contributed by atoms with E-state index in [2.05, 4.69) is 4.98 Å². The molecule has 1 aromatic heterocycles. The summed E-state index contributed by atoms with van der Waals surface area (Å²) in [5, 5.41) is 8.75. The van der Waals surface area contributed by atoms with Crippen LogP contribution >= 0.6 is 0 Å². The molecule has 2 heterocycles. The first-order chi connectivity index (χ1) is 8.16. The maximum atomic E-state index is 11.5. The van der Waals surface area contributed by atoms with Crippen molar-refractivity contribution < 1.29 is 19.4 Å². The monoisotopic (exact) mass is 236 g/mol. The van der Waals surface area contributed by atoms with Crippen molar-refractivity contribution in [1.29, 1.82) is 0 Å². The summed E-state index contributed by atoms with van der Waals surface area (Å²) < 4.78 is 5.20. The van der Waals surface area contributed by atoms with E-state index in [9.17, 15) is 9.59 Å². The fourth-order valence-corrected chi connectivity index (χ4v) is 1.42. The van der Waals surface area contributed by atoms with Crippen molar-refractivity contribution in [2.45, 2.75) is 6.42 Å². The van der Waals surface area contributed by atoms with Crippen LogP contribution in [0.5, 0.6) is 5.75 Å². The molecule has 0 spiro atoms. The number of hydrogen-bond donors (Lipinski definition) is 1. The summed E-state index contributed by atoms with van der Waals surface area (Å²) in [5.74, 6) is -0.868. The van der Waals surface area contributed by atoms with E-state index in [0.717, 1.165) is 19.5 Å². The summed E-state index contributed by atoms with van der Waals surface area (Å²) in [5.41, 5.74) is 0.0406. The van der Waals surface area contributed by atoms with Gasteiger partial charge in [-0.05, 0) is 12.5 Å². The largest absolute Gasteiger partial charge is 0.482 e. The number of likely N-dealkylation sites (tertiary alicyclic amines) is 1. The molecule has 0 atom stereocenters. The van der Waals surface area contributed by atoms with Crippen LogP contribution < -0.4 is 4.74 Å². The van der Waals surface area contributed by atoms with Gasteiger partial charge in [-0.1, -0.05) is 0 Å². The van der Waals surface area contributed by atoms with Crippen LogP contribution in [0.15, 0.2) is 18.5 Å². The molecule has 0 saturated carbocycles. The number of carbonyl (C=O) groups is 2. The minimum atomic E-state index is -1.07. The summed E-state index contributed by atoms with van der Waals surface area (Å²) in [4.78, 5) is 27.6. The third-order valence-corrected chi connectivity index (χ3v) is 2.53. The Labute approximate surface area is 97.8 Å². The second-order valence-corrected chi connectivity index (χ2v) is 3.74. The van der Waals surface area contributed by atoms with Crippen LogP contribution in [0.25, 0.3) is 0 Å². The molecule has 0 aromatic carbocycles. The molecular formula is C11H12N2O4. The van der Waals surface area contributed by atoms with Crippen molar-refractivity contribution in [2.24, 2.45) is 0 Å². The van der Waals surface area contributed by atoms with Crippen molar-refractivity contribution in [3.63, 3.8) is 0 Å². The minimum absolute atomic E-state index is 0.0406. The number of hydrogen-bond acceptors (Lipinski definition) is 4. The first-order valence-electron chi connectivity index (χ1n) is 5.26. The third-order valence-electron chi connectivity index (χ3n) is 2.53. The molecular weight excluding hydrogens is 224 g/mol. The first kappa shape index (κ1) is 11.4. The lowest BCUT2D eigenvalue weighted by atomic mass is 10.2. The molecule has 0 unspecified atom stereocenters. The Balaban J connectivity index is 1.91. The van der Waals surface area contributed by atoms with E-state index in [-0.39, 0.29) is 18.1 Å². The van der Waals surface area contributed by atoms with E-state index in [1.165, 1.54) is 18.5 Å². The fourth-order valence-electron chi connectivity index (χ4n) is 1.42. The standard InChI is InChI=1S/C11H12N2O4/c14-10(13-2-1-3-13)7-17-9-4-8(11(15)16)5-12-6-9/h4-6H,1-3,7H2,(H,15,16). The smallest absolute Gasteiger partial charge is 0.337 e. The number of carboxylic acids is 1. The van der Waals surface area contributed by atoms with E-state index in [0.29, 0.717) is 5.75 Å². The number of nitrogens with zero attached hydrogens (tertiary/aromatic N) is 2. The summed E-state index contributed by atoms with van der Waals surface area (Å²) in [6, 6.07) is 1.35. The Morgan fingerprint density at radius 3 is 2.76 bits per heavy atom. The van der Waals surface area contributed by atoms with Crippen molar-refractivity contribution in [3.05, 3.63) is 24.0 Å². The molecule has 0 aliphatic carbocycles. The molecule has 1 aliphatic heterocycles. The number of rotatable bonds is 4. The fraction of sp³-hybridized carbons (Fsp3) is 0.364. The molecule has 2 rings (SSSR count). The summed E-state index contributed by atoms with van der Waals surface area (Å²) in [7, 11) is 0. The van der Waals surface area contributed by atoms with Crippen LogP contribution in [-0.4, -0.2) is 46.6 Å². The number of carboxylic acid groups (broad SMARTS) is 1. The minimum Gasteiger partial charge on any atom is -0.482 e. The highest BCUT2D eigenvalue weighted by atomic mass is 16.5. The van der Waals surface area contributed by atoms with Crippen LogP contribution in [-0.2, 0) is 4.79 Å². The maximum absolute atomic E-state index is 11.5. The number of ether oxygens (including phenoxy) is 1. The number of aromatic nitrogens is 1. The summed E-state index contributed by atoms with van der Waals surface area (Å²) in [6.45, 7) is 1.47. The molecule has 1 aliphatic rings. The molecule has 90 valence electrons. The van der Waals surface area contributed by atoms with Gasteiger partial charge in [-0.25, -0.2) is 4.79 Å². The van der Waals surface area contributed by atoms with Gasteiger partial charge < -0.3 is 14.7 Å². The van der Waals surface area contributed by atoms with E-state index in [1.54, 1.807) is 4.90 Å². The summed E-state index contributed by atoms with van der Waals surface area (Å²) >= 11 is 0. The molecule has 0 radical (unpaired) electrons. The number of pyridine rings is 1. The van der Waals surface area contributed by atoms with Gasteiger partial charge in [0.05, 0.1) is 11.8 Å². The van der Waals surface area contributed by atoms with Crippen LogP contribution in [0, 0.1) is 0 Å². The van der Waals surface area contributed by atoms with Gasteiger partial charge in [-0.15, -0.1) is 0 Å². The second-order valence-electron chi connectivity index (χ2n) is 3.74. The molecule has 0 bridgehead atoms. The zero-order chi connectivity index (χ0) is 12.3. The normalized spacial score (nSPS) is 14.0. The van der Waals surface area contributed by atoms with E-state index in [1.807, 2.05) is 0 Å². The molecule has 1 saturated heterocycles. The molecule has 6 heteroatoms. The van der Waals surface area contributed by atoms with Crippen molar-refractivity contribution in [3.8, 4) is 5.75 Å². The lowest BCUT2D eigenvalue weighted by Crippen LogP contribution is -2.44. The lowest BCUT2D eigenvalue weighted by molar-refractivity contribution is -0.136. The quantitative estimate of drug-likeness (QED) is 0.818. The Kier molecular flexibility index (Phi) is 3.22. The van der Waals surface area contributed by atoms with Gasteiger partial charge in [0, 0.05) is 19.3 Å². The zero-order valence-corrected chi connectivity index (χ0v) is 9.13. The molecule has 1 amide bonds. The molecule has 1 N–H and O–H groups in total. The van der Waals surface area contributed by atoms with Crippen LogP contribution in [0.2, 0.25) is 0 Å². The second kappa shape index (κ2) is 4.82. The Morgan fingerprint density at radius 1 is 1.41 bits per heavy atom. The lowest BCUT2D eigenvalue weighted by Gasteiger charge is -2.30. The van der Waals surface area contributed by atoms with Gasteiger partial charge in [0.15, 0.2) is 6.61 Å². The zero-order valence-electron chi connectivity index (χ0n) is 9.13. The van der Waals surface area contributed by atoms with Crippen LogP contribution in [0.3, 0.4) is 0 Å². The predicted octanol–water partition coefficient (Wildman–Crippen LogP) is 0.391. The highest BCUT2D eigenvalue weighted by Gasteiger charge is 2.20. The van der Waals surface area contributed by atoms with E-state index in [4.69, 9.17) is 9.84 Å². The average molecular weight is 236 g/mol. The van der Waals surface area contributed by atoms with Gasteiger partial charge in [0.2, 0.25) is 0 Å². The topological polar surface area (TPSA) is 79.7 Å². The Hall–Kier alpha value is -2.11. The van der Waals surface area contributed by atoms with E-state index < -0.39 is 5.97 Å². The Morgan fingerprint density at radius 2 is 2.18 bits per heavy atom. The van der Waals surface area contributed by atoms with Gasteiger partial charge in [0.25, 0.3) is 5.91 Å². The van der Waals surface area contributed by atoms with Gasteiger partial charge in [-0.2, -0.15) is 0 Å². The van der Waals surface area contributed by atoms with Crippen LogP contribution in [0.4, 0.5) is 0 Å². The Bertz CT molecular complexity index is 443. The highest BCUT2D eigenvalue weighted by molar-refractivity contribution is 5.87. The van der Waals surface area contributed by atoms with Gasteiger partial charge in [-0.3, -0.25) is 9.78 Å². The third kappa shape index (κ3) is 2.72.